The molecule has 0 aromatic rings. The van der Waals surface area contributed by atoms with E-state index in [1.807, 2.05) is 0 Å². The Kier molecular flexibility index (Phi) is 5.81. The fourth-order valence-corrected chi connectivity index (χ4v) is 2.64. The maximum Gasteiger partial charge on any atom is 0.303 e. The van der Waals surface area contributed by atoms with Gasteiger partial charge in [-0.2, -0.15) is 0 Å². The van der Waals surface area contributed by atoms with Crippen LogP contribution in [0.3, 0.4) is 0 Å². The minimum Gasteiger partial charge on any atom is -0.481 e. The SMILES string of the molecule is CC(CCC(=O)O)N[C@@H](C)C1CCCCC1. The second kappa shape index (κ2) is 6.89. The zero-order valence-electron chi connectivity index (χ0n) is 10.5. The van der Waals surface area contributed by atoms with E-state index in [0.717, 1.165) is 12.3 Å². The Morgan fingerprint density at radius 3 is 2.50 bits per heavy atom. The molecule has 16 heavy (non-hydrogen) atoms. The Bertz CT molecular complexity index is 212. The van der Waals surface area contributed by atoms with Crippen molar-refractivity contribution in [2.45, 2.75) is 70.9 Å². The highest BCUT2D eigenvalue weighted by molar-refractivity contribution is 5.66. The van der Waals surface area contributed by atoms with Crippen LogP contribution in [0.15, 0.2) is 0 Å². The minimum absolute atomic E-state index is 0.269. The van der Waals surface area contributed by atoms with E-state index in [0.29, 0.717) is 12.1 Å². The first kappa shape index (κ1) is 13.5. The van der Waals surface area contributed by atoms with Crippen molar-refractivity contribution in [1.29, 1.82) is 0 Å². The van der Waals surface area contributed by atoms with Crippen LogP contribution in [0, 0.1) is 5.92 Å². The standard InChI is InChI=1S/C13H25NO2/c1-10(8-9-13(15)16)14-11(2)12-6-4-3-5-7-12/h10-12,14H,3-9H2,1-2H3,(H,15,16)/t10?,11-/m0/s1. The molecule has 0 radical (unpaired) electrons. The molecule has 94 valence electrons. The number of nitrogens with one attached hydrogen (secondary N) is 1. The molecule has 1 unspecified atom stereocenters. The molecule has 3 nitrogen and oxygen atoms in total. The van der Waals surface area contributed by atoms with Crippen LogP contribution in [0.2, 0.25) is 0 Å². The number of carbonyl (C=O) groups is 1. The molecule has 0 aromatic heterocycles. The lowest BCUT2D eigenvalue weighted by atomic mass is 9.84. The summed E-state index contributed by atoms with van der Waals surface area (Å²) in [7, 11) is 0. The highest BCUT2D eigenvalue weighted by atomic mass is 16.4. The average Bonchev–Trinajstić information content (AvgIpc) is 2.27. The molecule has 2 N–H and O–H groups in total. The molecule has 1 fully saturated rings. The van der Waals surface area contributed by atoms with Crippen LogP contribution in [-0.4, -0.2) is 23.2 Å². The van der Waals surface area contributed by atoms with Crippen LogP contribution in [0.5, 0.6) is 0 Å². The molecule has 3 heteroatoms. The predicted octanol–water partition coefficient (Wildman–Crippen LogP) is 2.80. The maximum absolute atomic E-state index is 10.5. The highest BCUT2D eigenvalue weighted by Gasteiger charge is 2.21. The van der Waals surface area contributed by atoms with E-state index < -0.39 is 5.97 Å². The van der Waals surface area contributed by atoms with E-state index in [-0.39, 0.29) is 6.42 Å². The highest BCUT2D eigenvalue weighted by Crippen LogP contribution is 2.26. The van der Waals surface area contributed by atoms with Gasteiger partial charge in [-0.1, -0.05) is 19.3 Å². The molecular weight excluding hydrogens is 202 g/mol. The first-order chi connectivity index (χ1) is 7.59. The van der Waals surface area contributed by atoms with Gasteiger partial charge in [-0.15, -0.1) is 0 Å². The molecule has 1 aliphatic rings. The first-order valence-electron chi connectivity index (χ1n) is 6.57. The third-order valence-corrected chi connectivity index (χ3v) is 3.70. The van der Waals surface area contributed by atoms with E-state index in [1.165, 1.54) is 32.1 Å². The summed E-state index contributed by atoms with van der Waals surface area (Å²) in [4.78, 5) is 10.5. The molecular formula is C13H25NO2. The molecule has 0 amide bonds. The summed E-state index contributed by atoms with van der Waals surface area (Å²) < 4.78 is 0. The van der Waals surface area contributed by atoms with Crippen molar-refractivity contribution in [3.8, 4) is 0 Å². The number of carboxylic acid groups (broad SMARTS) is 1. The van der Waals surface area contributed by atoms with Crippen LogP contribution >= 0.6 is 0 Å². The van der Waals surface area contributed by atoms with Gasteiger partial charge in [0.2, 0.25) is 0 Å². The van der Waals surface area contributed by atoms with Crippen molar-refractivity contribution in [2.24, 2.45) is 5.92 Å². The van der Waals surface area contributed by atoms with Crippen molar-refractivity contribution in [1.82, 2.24) is 5.32 Å². The van der Waals surface area contributed by atoms with Crippen LogP contribution < -0.4 is 5.32 Å². The van der Waals surface area contributed by atoms with Crippen molar-refractivity contribution >= 4 is 5.97 Å². The Morgan fingerprint density at radius 1 is 1.31 bits per heavy atom. The molecule has 0 heterocycles. The van der Waals surface area contributed by atoms with Gasteiger partial charge in [0.05, 0.1) is 0 Å². The van der Waals surface area contributed by atoms with Crippen molar-refractivity contribution in [3.05, 3.63) is 0 Å². The molecule has 1 aliphatic carbocycles. The van der Waals surface area contributed by atoms with E-state index in [2.05, 4.69) is 19.2 Å². The van der Waals surface area contributed by atoms with E-state index in [1.54, 1.807) is 0 Å². The zero-order valence-corrected chi connectivity index (χ0v) is 10.5. The largest absolute Gasteiger partial charge is 0.481 e. The quantitative estimate of drug-likeness (QED) is 0.733. The van der Waals surface area contributed by atoms with Crippen LogP contribution in [-0.2, 0) is 4.79 Å². The number of hydrogen-bond acceptors (Lipinski definition) is 2. The fraction of sp³-hybridized carbons (Fsp3) is 0.923. The second-order valence-corrected chi connectivity index (χ2v) is 5.19. The van der Waals surface area contributed by atoms with E-state index >= 15 is 0 Å². The lowest BCUT2D eigenvalue weighted by molar-refractivity contribution is -0.137. The molecule has 1 saturated carbocycles. The van der Waals surface area contributed by atoms with Crippen LogP contribution in [0.25, 0.3) is 0 Å². The molecule has 0 aliphatic heterocycles. The van der Waals surface area contributed by atoms with Gasteiger partial charge < -0.3 is 10.4 Å². The average molecular weight is 227 g/mol. The summed E-state index contributed by atoms with van der Waals surface area (Å²) in [5.41, 5.74) is 0. The third-order valence-electron chi connectivity index (χ3n) is 3.70. The van der Waals surface area contributed by atoms with Gasteiger partial charge in [0.1, 0.15) is 0 Å². The summed E-state index contributed by atoms with van der Waals surface area (Å²) in [5.74, 6) is 0.0972. The molecule has 0 spiro atoms. The molecule has 0 bridgehead atoms. The fourth-order valence-electron chi connectivity index (χ4n) is 2.64. The summed E-state index contributed by atoms with van der Waals surface area (Å²) in [6.07, 6.45) is 7.77. The minimum atomic E-state index is -0.695. The zero-order chi connectivity index (χ0) is 12.0. The molecule has 2 atom stereocenters. The first-order valence-corrected chi connectivity index (χ1v) is 6.57. The number of aliphatic carboxylic acids is 1. The van der Waals surface area contributed by atoms with Gasteiger partial charge in [-0.05, 0) is 39.0 Å². The lowest BCUT2D eigenvalue weighted by Gasteiger charge is -2.30. The molecule has 1 rings (SSSR count). The van der Waals surface area contributed by atoms with Gasteiger partial charge in [-0.3, -0.25) is 4.79 Å². The van der Waals surface area contributed by atoms with E-state index in [4.69, 9.17) is 5.11 Å². The van der Waals surface area contributed by atoms with Crippen LogP contribution in [0.4, 0.5) is 0 Å². The normalized spacial score (nSPS) is 21.6. The summed E-state index contributed by atoms with van der Waals surface area (Å²) in [6, 6.07) is 0.845. The molecule has 0 aromatic carbocycles. The number of rotatable bonds is 6. The van der Waals surface area contributed by atoms with E-state index in [9.17, 15) is 4.79 Å². The van der Waals surface area contributed by atoms with Crippen LogP contribution in [0.1, 0.15) is 58.8 Å². The smallest absolute Gasteiger partial charge is 0.303 e. The van der Waals surface area contributed by atoms with Crippen molar-refractivity contribution in [3.63, 3.8) is 0 Å². The second-order valence-electron chi connectivity index (χ2n) is 5.19. The number of hydrogen-bond donors (Lipinski definition) is 2. The number of carboxylic acids is 1. The summed E-state index contributed by atoms with van der Waals surface area (Å²) in [5, 5.41) is 12.2. The Labute approximate surface area is 98.6 Å². The van der Waals surface area contributed by atoms with Gasteiger partial charge in [-0.25, -0.2) is 0 Å². The predicted molar refractivity (Wildman–Crippen MR) is 65.5 cm³/mol. The van der Waals surface area contributed by atoms with Gasteiger partial charge in [0.15, 0.2) is 0 Å². The monoisotopic (exact) mass is 227 g/mol. The van der Waals surface area contributed by atoms with Gasteiger partial charge in [0.25, 0.3) is 0 Å². The van der Waals surface area contributed by atoms with Crippen molar-refractivity contribution in [2.75, 3.05) is 0 Å². The Morgan fingerprint density at radius 2 is 1.94 bits per heavy atom. The van der Waals surface area contributed by atoms with Gasteiger partial charge >= 0.3 is 5.97 Å². The maximum atomic E-state index is 10.5. The Hall–Kier alpha value is -0.570. The summed E-state index contributed by atoms with van der Waals surface area (Å²) >= 11 is 0. The van der Waals surface area contributed by atoms with Gasteiger partial charge in [0, 0.05) is 18.5 Å². The topological polar surface area (TPSA) is 49.3 Å². The molecule has 0 saturated heterocycles. The Balaban J connectivity index is 2.21. The third kappa shape index (κ3) is 4.97. The summed E-state index contributed by atoms with van der Waals surface area (Å²) in [6.45, 7) is 4.33. The lowest BCUT2D eigenvalue weighted by Crippen LogP contribution is -2.40. The van der Waals surface area contributed by atoms with Crippen molar-refractivity contribution < 1.29 is 9.90 Å².